The summed E-state index contributed by atoms with van der Waals surface area (Å²) in [7, 11) is 12.1. The number of allylic oxidation sites excluding steroid dienone is 2. The van der Waals surface area contributed by atoms with Gasteiger partial charge in [0, 0.05) is 75.5 Å². The molecule has 0 radical (unpaired) electrons. The third kappa shape index (κ3) is 24.9. The highest BCUT2D eigenvalue weighted by Crippen LogP contribution is 2.26. The molecule has 0 aromatic rings. The van der Waals surface area contributed by atoms with Crippen LogP contribution in [-0.2, 0) is 52.7 Å². The zero-order valence-corrected chi connectivity index (χ0v) is 60.8. The predicted molar refractivity (Wildman–Crippen MR) is 359 cm³/mol. The van der Waals surface area contributed by atoms with Crippen LogP contribution >= 0.6 is 0 Å². The summed E-state index contributed by atoms with van der Waals surface area (Å²) in [5.41, 5.74) is 0. The molecule has 12 atom stereocenters. The van der Waals surface area contributed by atoms with E-state index in [0.717, 1.165) is 22.9 Å². The lowest BCUT2D eigenvalue weighted by Crippen LogP contribution is -2.63. The number of carbonyl (C=O) groups is 11. The van der Waals surface area contributed by atoms with Crippen molar-refractivity contribution >= 4 is 65.0 Å². The highest BCUT2D eigenvalue weighted by atomic mass is 16.3. The number of piperazine rings is 1. The molecule has 0 aromatic carbocycles. The number of nitrogens with zero attached hydrogens (tertiary/aromatic N) is 8. The first kappa shape index (κ1) is 83.8. The van der Waals surface area contributed by atoms with Crippen LogP contribution in [0.1, 0.15) is 156 Å². The minimum absolute atomic E-state index is 0.0229. The number of rotatable bonds is 15. The SMILES string of the molecule is C/C=C/C[C@@H](C)[C@@H](O)[C@H]1C(=O)N[C@@H](CC)C(=O)N(C)CC(=O)N(C)[C@@H](CC(C)C)C(=O)N[C@@H](C(C)C)C(=O)N(C)[C@@H](CC(C)C)C(=O)N[C@@H](C)C(=O)N[C@H](C)C(=O)N(C)[C@@H](CC(C)C)C(=O)N(C)[C@@H](CC(C)C)C(=O)N(C)[C@@H](C(C)C)C(=O)N1C.CN1CCNCC1. The average Bonchev–Trinajstić information content (AvgIpc) is 0.850. The highest BCUT2D eigenvalue weighted by Gasteiger charge is 2.46. The monoisotopic (exact) mass is 1300 g/mol. The number of hydrogen-bond donors (Lipinski definition) is 6. The Balaban J connectivity index is 0.00000562. The molecule has 0 spiro atoms. The summed E-state index contributed by atoms with van der Waals surface area (Å²) in [6.45, 7) is 34.1. The van der Waals surface area contributed by atoms with Crippen molar-refractivity contribution < 1.29 is 57.8 Å². The zero-order valence-electron chi connectivity index (χ0n) is 60.8. The van der Waals surface area contributed by atoms with Crippen LogP contribution in [0, 0.1) is 41.4 Å². The fraction of sp³-hybridized carbons (Fsp3) is 0.806. The lowest BCUT2D eigenvalue weighted by atomic mass is 9.91. The molecular weight excluding hydrogens is 1180 g/mol. The van der Waals surface area contributed by atoms with Crippen LogP contribution in [0.3, 0.4) is 0 Å². The lowest BCUT2D eigenvalue weighted by molar-refractivity contribution is -0.157. The number of carbonyl (C=O) groups excluding carboxylic acids is 11. The van der Waals surface area contributed by atoms with E-state index in [1.807, 2.05) is 61.5 Å². The molecule has 2 fully saturated rings. The quantitative estimate of drug-likeness (QED) is 0.129. The molecule has 2 aliphatic heterocycles. The van der Waals surface area contributed by atoms with Crippen LogP contribution in [0.5, 0.6) is 0 Å². The van der Waals surface area contributed by atoms with E-state index in [1.165, 1.54) is 101 Å². The van der Waals surface area contributed by atoms with Crippen molar-refractivity contribution in [2.24, 2.45) is 41.4 Å². The van der Waals surface area contributed by atoms with E-state index in [0.29, 0.717) is 6.42 Å². The normalized spacial score (nSPS) is 26.8. The molecule has 528 valence electrons. The van der Waals surface area contributed by atoms with Gasteiger partial charge in [0.1, 0.15) is 60.4 Å². The van der Waals surface area contributed by atoms with E-state index in [1.54, 1.807) is 54.5 Å². The van der Waals surface area contributed by atoms with Gasteiger partial charge in [-0.15, -0.1) is 0 Å². The fourth-order valence-corrected chi connectivity index (χ4v) is 11.5. The summed E-state index contributed by atoms with van der Waals surface area (Å²) < 4.78 is 0. The van der Waals surface area contributed by atoms with Crippen LogP contribution < -0.4 is 26.6 Å². The fourth-order valence-electron chi connectivity index (χ4n) is 11.5. The molecule has 2 aliphatic rings. The number of likely N-dealkylation sites (N-methyl/N-ethyl adjacent to an activating group) is 8. The predicted octanol–water partition coefficient (Wildman–Crippen LogP) is 2.79. The Morgan fingerprint density at radius 1 is 0.467 bits per heavy atom. The third-order valence-electron chi connectivity index (χ3n) is 17.4. The number of hydrogen-bond acceptors (Lipinski definition) is 14. The number of nitrogens with one attached hydrogen (secondary N) is 5. The molecule has 0 aliphatic carbocycles. The van der Waals surface area contributed by atoms with Crippen molar-refractivity contribution in [2.45, 2.75) is 223 Å². The summed E-state index contributed by atoms with van der Waals surface area (Å²) in [6.07, 6.45) is 3.04. The van der Waals surface area contributed by atoms with Crippen LogP contribution in [0.4, 0.5) is 0 Å². The minimum atomic E-state index is -1.61. The smallest absolute Gasteiger partial charge is 0.246 e. The summed E-state index contributed by atoms with van der Waals surface area (Å²) in [4.78, 5) is 171. The maximum atomic E-state index is 15.1. The van der Waals surface area contributed by atoms with Crippen LogP contribution in [0.15, 0.2) is 12.2 Å². The first-order valence-electron chi connectivity index (χ1n) is 33.3. The second-order valence-corrected chi connectivity index (χ2v) is 28.1. The maximum absolute atomic E-state index is 15.1. The van der Waals surface area contributed by atoms with E-state index in [4.69, 9.17) is 0 Å². The molecule has 11 amide bonds. The Labute approximate surface area is 552 Å². The number of aliphatic hydroxyl groups is 1. The minimum Gasteiger partial charge on any atom is -0.390 e. The Hall–Kier alpha value is -6.21. The summed E-state index contributed by atoms with van der Waals surface area (Å²) >= 11 is 0. The zero-order chi connectivity index (χ0) is 71.1. The van der Waals surface area contributed by atoms with E-state index >= 15 is 9.59 Å². The van der Waals surface area contributed by atoms with E-state index in [2.05, 4.69) is 38.5 Å². The Morgan fingerprint density at radius 3 is 1.33 bits per heavy atom. The van der Waals surface area contributed by atoms with Crippen LogP contribution in [-0.4, -0.2) is 265 Å². The van der Waals surface area contributed by atoms with Gasteiger partial charge in [0.2, 0.25) is 65.0 Å². The molecule has 0 aromatic heterocycles. The van der Waals surface area contributed by atoms with Crippen molar-refractivity contribution in [3.05, 3.63) is 12.2 Å². The molecule has 2 rings (SSSR count). The van der Waals surface area contributed by atoms with Gasteiger partial charge in [-0.25, -0.2) is 0 Å². The van der Waals surface area contributed by atoms with Crippen molar-refractivity contribution in [1.82, 2.24) is 65.8 Å². The van der Waals surface area contributed by atoms with Gasteiger partial charge in [0.15, 0.2) is 0 Å². The summed E-state index contributed by atoms with van der Waals surface area (Å²) in [5.74, 6) is -9.71. The Bertz CT molecular complexity index is 2470. The molecule has 25 heteroatoms. The molecule has 2 saturated heterocycles. The molecular formula is C67H123N13O12. The van der Waals surface area contributed by atoms with E-state index < -0.39 is 156 Å². The number of amides is 11. The van der Waals surface area contributed by atoms with Gasteiger partial charge in [-0.1, -0.05) is 109 Å². The second kappa shape index (κ2) is 39.5. The number of aliphatic hydroxyl groups excluding tert-OH is 1. The van der Waals surface area contributed by atoms with E-state index in [9.17, 15) is 48.3 Å². The van der Waals surface area contributed by atoms with Gasteiger partial charge in [-0.3, -0.25) is 52.7 Å². The van der Waals surface area contributed by atoms with Gasteiger partial charge in [0.05, 0.1) is 12.6 Å². The van der Waals surface area contributed by atoms with Gasteiger partial charge >= 0.3 is 0 Å². The maximum Gasteiger partial charge on any atom is 0.246 e. The van der Waals surface area contributed by atoms with Crippen molar-refractivity contribution in [3.63, 3.8) is 0 Å². The summed E-state index contributed by atoms with van der Waals surface area (Å²) in [5, 5.41) is 26.3. The van der Waals surface area contributed by atoms with Crippen molar-refractivity contribution in [3.8, 4) is 0 Å². The average molecular weight is 1300 g/mol. The Morgan fingerprint density at radius 2 is 0.891 bits per heavy atom. The van der Waals surface area contributed by atoms with Gasteiger partial charge in [0.25, 0.3) is 0 Å². The highest BCUT2D eigenvalue weighted by molar-refractivity contribution is 5.99. The second-order valence-electron chi connectivity index (χ2n) is 28.1. The van der Waals surface area contributed by atoms with Gasteiger partial charge < -0.3 is 70.9 Å². The Kier molecular flexibility index (Phi) is 36.0. The topological polar surface area (TPSA) is 294 Å². The largest absolute Gasteiger partial charge is 0.390 e. The molecule has 2 heterocycles. The molecule has 0 unspecified atom stereocenters. The summed E-state index contributed by atoms with van der Waals surface area (Å²) in [6, 6.07) is -12.3. The van der Waals surface area contributed by atoms with Crippen molar-refractivity contribution in [1.29, 1.82) is 0 Å². The van der Waals surface area contributed by atoms with Gasteiger partial charge in [-0.05, 0) is 108 Å². The molecule has 0 bridgehead atoms. The molecule has 6 N–H and O–H groups in total. The first-order chi connectivity index (χ1) is 42.6. The first-order valence-corrected chi connectivity index (χ1v) is 33.3. The van der Waals surface area contributed by atoms with Crippen LogP contribution in [0.2, 0.25) is 0 Å². The third-order valence-corrected chi connectivity index (χ3v) is 17.4. The molecule has 0 saturated carbocycles. The molecule has 92 heavy (non-hydrogen) atoms. The van der Waals surface area contributed by atoms with Crippen LogP contribution in [0.25, 0.3) is 0 Å². The standard InChI is InChI=1S/C62H111N11O12.C5H12N2/c1-25-27-28-40(15)52(75)51-56(79)65-43(26-2)58(81)67(18)33-48(74)68(19)44(29-34(3)4)55(78)66-49(38(11)12)61(84)69(20)45(30-35(5)6)54(77)63-41(16)53(76)64-42(17)57(80)70(21)46(31-36(7)8)59(82)71(22)47(32-37(9)10)60(83)72(23)50(39(13)14)62(85)73(51)24;1-7-4-2-6-3-5-7/h25,27,34-47,49-52,75H,26,28-33H2,1-24H3,(H,63,77)(H,64,76)(H,65,79)(H,66,78);6H,2-5H2,1H3/b27-25+;/t40-,41+,42-,43+,44+,45+,46+,47+,49+,50+,51+,52-;/m1./s1. The van der Waals surface area contributed by atoms with Crippen molar-refractivity contribution in [2.75, 3.05) is 89.1 Å². The lowest BCUT2D eigenvalue weighted by Gasteiger charge is -2.41. The van der Waals surface area contributed by atoms with Gasteiger partial charge in [-0.2, -0.15) is 0 Å². The molecule has 25 nitrogen and oxygen atoms in total. The van der Waals surface area contributed by atoms with E-state index in [-0.39, 0.29) is 55.8 Å².